The molecule has 1 aromatic carbocycles. The van der Waals surface area contributed by atoms with Gasteiger partial charge in [0.15, 0.2) is 0 Å². The predicted molar refractivity (Wildman–Crippen MR) is 60.2 cm³/mol. The Hall–Kier alpha value is -0.530. The van der Waals surface area contributed by atoms with E-state index in [1.807, 2.05) is 13.0 Å². The minimum atomic E-state index is -0.0604. The van der Waals surface area contributed by atoms with Crippen LogP contribution >= 0.6 is 23.2 Å². The highest BCUT2D eigenvalue weighted by atomic mass is 35.5. The Bertz CT molecular complexity index is 323. The first-order valence-corrected chi connectivity index (χ1v) is 5.34. The molecule has 0 radical (unpaired) electrons. The molecule has 3 heteroatoms. The van der Waals surface area contributed by atoms with Crippen LogP contribution in [0.15, 0.2) is 18.2 Å². The van der Waals surface area contributed by atoms with Gasteiger partial charge in [-0.3, -0.25) is 0 Å². The summed E-state index contributed by atoms with van der Waals surface area (Å²) in [6, 6.07) is 5.34. The van der Waals surface area contributed by atoms with Crippen molar-refractivity contribution in [2.75, 3.05) is 0 Å². The first-order chi connectivity index (χ1) is 6.69. The molecule has 1 unspecified atom stereocenters. The van der Waals surface area contributed by atoms with Crippen LogP contribution in [0.1, 0.15) is 31.2 Å². The summed E-state index contributed by atoms with van der Waals surface area (Å²) in [4.78, 5) is 10.8. The fourth-order valence-electron chi connectivity index (χ4n) is 1.37. The van der Waals surface area contributed by atoms with E-state index in [4.69, 9.17) is 23.2 Å². The smallest absolute Gasteiger partial charge is 0.127 e. The number of halogens is 2. The summed E-state index contributed by atoms with van der Waals surface area (Å²) >= 11 is 11.7. The van der Waals surface area contributed by atoms with Gasteiger partial charge >= 0.3 is 0 Å². The fraction of sp³-hybridized carbons (Fsp3) is 0.364. The van der Waals surface area contributed by atoms with E-state index in [0.717, 1.165) is 24.7 Å². The monoisotopic (exact) mass is 230 g/mol. The van der Waals surface area contributed by atoms with Gasteiger partial charge in [-0.2, -0.15) is 0 Å². The number of hydrogen-bond donors (Lipinski definition) is 0. The molecule has 0 aliphatic rings. The van der Waals surface area contributed by atoms with Gasteiger partial charge in [-0.25, -0.2) is 0 Å². The second kappa shape index (κ2) is 5.38. The molecule has 0 heterocycles. The first kappa shape index (κ1) is 11.5. The molecule has 1 rings (SSSR count). The van der Waals surface area contributed by atoms with Gasteiger partial charge in [0.2, 0.25) is 0 Å². The molecule has 0 aromatic heterocycles. The number of carbonyl (C=O) groups is 1. The third kappa shape index (κ3) is 2.73. The van der Waals surface area contributed by atoms with Crippen LogP contribution < -0.4 is 0 Å². The van der Waals surface area contributed by atoms with E-state index in [1.54, 1.807) is 12.1 Å². The molecule has 0 aliphatic heterocycles. The van der Waals surface area contributed by atoms with E-state index >= 15 is 0 Å². The zero-order chi connectivity index (χ0) is 10.6. The van der Waals surface area contributed by atoms with Gasteiger partial charge in [-0.05, 0) is 24.1 Å². The van der Waals surface area contributed by atoms with Crippen molar-refractivity contribution in [1.29, 1.82) is 0 Å². The Morgan fingerprint density at radius 2 is 2.07 bits per heavy atom. The lowest BCUT2D eigenvalue weighted by molar-refractivity contribution is -0.109. The lowest BCUT2D eigenvalue weighted by atomic mass is 9.96. The molecule has 76 valence electrons. The average molecular weight is 231 g/mol. The zero-order valence-electron chi connectivity index (χ0n) is 7.97. The van der Waals surface area contributed by atoms with Crippen LogP contribution in [0.5, 0.6) is 0 Å². The largest absolute Gasteiger partial charge is 0.303 e. The lowest BCUT2D eigenvalue weighted by Gasteiger charge is -2.09. The van der Waals surface area contributed by atoms with Crippen LogP contribution in [0.25, 0.3) is 0 Å². The standard InChI is InChI=1S/C11H12Cl2O/c1-2-3-9(7-14)8-4-5-10(12)11(13)6-8/h4-7,9H,2-3H2,1H3. The highest BCUT2D eigenvalue weighted by Gasteiger charge is 2.10. The highest BCUT2D eigenvalue weighted by Crippen LogP contribution is 2.27. The summed E-state index contributed by atoms with van der Waals surface area (Å²) in [5, 5.41) is 1.03. The van der Waals surface area contributed by atoms with E-state index in [-0.39, 0.29) is 5.92 Å². The molecule has 0 fully saturated rings. The van der Waals surface area contributed by atoms with Crippen LogP contribution in [0.4, 0.5) is 0 Å². The summed E-state index contributed by atoms with van der Waals surface area (Å²) in [5.74, 6) is -0.0604. The van der Waals surface area contributed by atoms with E-state index in [9.17, 15) is 4.79 Å². The molecule has 14 heavy (non-hydrogen) atoms. The van der Waals surface area contributed by atoms with Gasteiger partial charge < -0.3 is 4.79 Å². The molecule has 1 aromatic rings. The van der Waals surface area contributed by atoms with Crippen molar-refractivity contribution < 1.29 is 4.79 Å². The van der Waals surface area contributed by atoms with Gasteiger partial charge in [0.05, 0.1) is 10.0 Å². The van der Waals surface area contributed by atoms with Gasteiger partial charge in [0.1, 0.15) is 6.29 Å². The van der Waals surface area contributed by atoms with E-state index in [2.05, 4.69) is 0 Å². The van der Waals surface area contributed by atoms with E-state index < -0.39 is 0 Å². The number of benzene rings is 1. The van der Waals surface area contributed by atoms with Crippen LogP contribution in [0, 0.1) is 0 Å². The third-order valence-corrected chi connectivity index (χ3v) is 2.87. The van der Waals surface area contributed by atoms with Crippen LogP contribution in [-0.2, 0) is 4.79 Å². The molecule has 0 saturated heterocycles. The highest BCUT2D eigenvalue weighted by molar-refractivity contribution is 6.42. The number of hydrogen-bond acceptors (Lipinski definition) is 1. The molecule has 0 N–H and O–H groups in total. The topological polar surface area (TPSA) is 17.1 Å². The molecule has 0 saturated carbocycles. The molecule has 0 bridgehead atoms. The Labute approximate surface area is 94.0 Å². The van der Waals surface area contributed by atoms with Crippen LogP contribution in [0.3, 0.4) is 0 Å². The van der Waals surface area contributed by atoms with E-state index in [1.165, 1.54) is 0 Å². The van der Waals surface area contributed by atoms with Crippen molar-refractivity contribution >= 4 is 29.5 Å². The van der Waals surface area contributed by atoms with Gasteiger partial charge in [-0.1, -0.05) is 42.6 Å². The zero-order valence-corrected chi connectivity index (χ0v) is 9.48. The summed E-state index contributed by atoms with van der Waals surface area (Å²) in [6.45, 7) is 2.05. The molecule has 0 amide bonds. The van der Waals surface area contributed by atoms with Gasteiger partial charge in [-0.15, -0.1) is 0 Å². The van der Waals surface area contributed by atoms with E-state index in [0.29, 0.717) is 10.0 Å². The van der Waals surface area contributed by atoms with Crippen LogP contribution in [-0.4, -0.2) is 6.29 Å². The Morgan fingerprint density at radius 1 is 1.36 bits per heavy atom. The Morgan fingerprint density at radius 3 is 2.57 bits per heavy atom. The maximum Gasteiger partial charge on any atom is 0.127 e. The Kier molecular flexibility index (Phi) is 4.43. The summed E-state index contributed by atoms with van der Waals surface area (Å²) in [5.41, 5.74) is 0.941. The quantitative estimate of drug-likeness (QED) is 0.713. The number of aldehydes is 1. The van der Waals surface area contributed by atoms with Crippen molar-refractivity contribution in [1.82, 2.24) is 0 Å². The second-order valence-electron chi connectivity index (χ2n) is 3.20. The molecule has 0 aliphatic carbocycles. The van der Waals surface area contributed by atoms with Crippen molar-refractivity contribution in [3.8, 4) is 0 Å². The van der Waals surface area contributed by atoms with Gasteiger partial charge in [0, 0.05) is 5.92 Å². The molecular weight excluding hydrogens is 219 g/mol. The summed E-state index contributed by atoms with van der Waals surface area (Å²) < 4.78 is 0. The number of rotatable bonds is 4. The fourth-order valence-corrected chi connectivity index (χ4v) is 1.67. The second-order valence-corrected chi connectivity index (χ2v) is 4.02. The average Bonchev–Trinajstić information content (AvgIpc) is 2.19. The normalized spacial score (nSPS) is 12.5. The summed E-state index contributed by atoms with van der Waals surface area (Å²) in [6.07, 6.45) is 2.79. The number of carbonyl (C=O) groups excluding carboxylic acids is 1. The molecule has 1 atom stereocenters. The third-order valence-electron chi connectivity index (χ3n) is 2.14. The van der Waals surface area contributed by atoms with Crippen molar-refractivity contribution in [2.24, 2.45) is 0 Å². The van der Waals surface area contributed by atoms with Gasteiger partial charge in [0.25, 0.3) is 0 Å². The first-order valence-electron chi connectivity index (χ1n) is 4.59. The molecular formula is C11H12Cl2O. The Balaban J connectivity index is 2.93. The SMILES string of the molecule is CCCC(C=O)c1ccc(Cl)c(Cl)c1. The lowest BCUT2D eigenvalue weighted by Crippen LogP contribution is -1.99. The van der Waals surface area contributed by atoms with Crippen molar-refractivity contribution in [3.05, 3.63) is 33.8 Å². The van der Waals surface area contributed by atoms with Crippen LogP contribution in [0.2, 0.25) is 10.0 Å². The predicted octanol–water partition coefficient (Wildman–Crippen LogP) is 4.08. The summed E-state index contributed by atoms with van der Waals surface area (Å²) in [7, 11) is 0. The maximum atomic E-state index is 10.8. The minimum absolute atomic E-state index is 0.0604. The van der Waals surface area contributed by atoms with Crippen molar-refractivity contribution in [3.63, 3.8) is 0 Å². The maximum absolute atomic E-state index is 10.8. The molecule has 1 nitrogen and oxygen atoms in total. The van der Waals surface area contributed by atoms with Crippen molar-refractivity contribution in [2.45, 2.75) is 25.7 Å². The molecule has 0 spiro atoms. The minimum Gasteiger partial charge on any atom is -0.303 e.